The minimum atomic E-state index is -4.92. The molecular formula is C36H36B3F6N3O3. The smallest absolute Gasteiger partial charge is 0.598 e. The molecule has 264 valence electrons. The molecular weight excluding hydrogens is 669 g/mol. The summed E-state index contributed by atoms with van der Waals surface area (Å²) < 4.78 is 116. The molecule has 0 saturated heterocycles. The first-order chi connectivity index (χ1) is 23.7. The van der Waals surface area contributed by atoms with Gasteiger partial charge in [0.25, 0.3) is 0 Å². The van der Waals surface area contributed by atoms with E-state index in [-0.39, 0.29) is 33.8 Å². The second-order valence-electron chi connectivity index (χ2n) is 14.1. The van der Waals surface area contributed by atoms with Gasteiger partial charge in [-0.1, -0.05) is 16.7 Å². The van der Waals surface area contributed by atoms with Crippen molar-refractivity contribution in [3.8, 4) is 17.2 Å². The predicted octanol–water partition coefficient (Wildman–Crippen LogP) is 9.05. The summed E-state index contributed by atoms with van der Waals surface area (Å²) in [5.41, 5.74) is 5.07. The molecule has 15 heteroatoms. The number of benzene rings is 4. The molecule has 0 spiro atoms. The molecule has 0 aromatic heterocycles. The Kier molecular flexibility index (Phi) is 7.63. The standard InChI is InChI=1S/C36H36B3F6N3O3/c1-19-10-22(4)31(23(5)11-19)46-16-28-34(49-37(46,40)41)29-17-47(32-24(6)12-20(2)13-25(32)7)39(44,45)51-36(29)30-18-48(38(42,43)50-35(28)30)33-26(8)14-21(3)15-27(33)9/h10-18H,1-9H3. The third-order valence-corrected chi connectivity index (χ3v) is 9.70. The Bertz CT molecular complexity index is 1990. The molecule has 0 unspecified atom stereocenters. The summed E-state index contributed by atoms with van der Waals surface area (Å²) in [5, 5.41) is 0. The highest BCUT2D eigenvalue weighted by atomic mass is 19.3. The number of hydrogen-bond donors (Lipinski definition) is 0. The molecule has 7 rings (SSSR count). The number of rotatable bonds is 3. The van der Waals surface area contributed by atoms with Crippen molar-refractivity contribution in [2.24, 2.45) is 0 Å². The van der Waals surface area contributed by atoms with E-state index in [4.69, 9.17) is 14.0 Å². The molecule has 51 heavy (non-hydrogen) atoms. The first-order valence-corrected chi connectivity index (χ1v) is 16.7. The van der Waals surface area contributed by atoms with Crippen LogP contribution in [-0.2, 0) is 0 Å². The van der Waals surface area contributed by atoms with Crippen LogP contribution < -0.4 is 14.0 Å². The van der Waals surface area contributed by atoms with Crippen LogP contribution in [0.3, 0.4) is 0 Å². The molecule has 6 nitrogen and oxygen atoms in total. The van der Waals surface area contributed by atoms with E-state index in [0.717, 1.165) is 35.3 Å². The van der Waals surface area contributed by atoms with Crippen LogP contribution in [0, 0.1) is 62.3 Å². The Labute approximate surface area is 292 Å². The molecule has 3 aliphatic rings. The molecule has 0 fully saturated rings. The van der Waals surface area contributed by atoms with Crippen LogP contribution >= 0.6 is 0 Å². The quantitative estimate of drug-likeness (QED) is 0.158. The lowest BCUT2D eigenvalue weighted by Crippen LogP contribution is -2.52. The number of nitrogens with zero attached hydrogens (tertiary/aromatic N) is 3. The maximum atomic E-state index is 16.3. The highest BCUT2D eigenvalue weighted by molar-refractivity contribution is 6.55. The van der Waals surface area contributed by atoms with Crippen LogP contribution in [0.15, 0.2) is 36.4 Å². The maximum absolute atomic E-state index is 16.3. The van der Waals surface area contributed by atoms with Crippen molar-refractivity contribution in [2.45, 2.75) is 62.3 Å². The lowest BCUT2D eigenvalue weighted by molar-refractivity contribution is -0.347. The molecule has 0 aliphatic carbocycles. The molecule has 3 heterocycles. The molecule has 3 aliphatic heterocycles. The number of aryl methyl sites for hydroxylation is 9. The van der Waals surface area contributed by atoms with Crippen LogP contribution in [0.1, 0.15) is 66.8 Å². The van der Waals surface area contributed by atoms with Gasteiger partial charge in [0.2, 0.25) is 0 Å². The Morgan fingerprint density at radius 1 is 0.373 bits per heavy atom. The van der Waals surface area contributed by atoms with Gasteiger partial charge in [-0.05, 0) is 98.7 Å². The second-order valence-corrected chi connectivity index (χ2v) is 14.1. The molecule has 0 radical (unpaired) electrons. The van der Waals surface area contributed by atoms with Crippen molar-refractivity contribution < 1.29 is 53.3 Å². The topological polar surface area (TPSA) is 36.7 Å². The van der Waals surface area contributed by atoms with Gasteiger partial charge < -0.3 is 53.3 Å². The number of halogens is 6. The van der Waals surface area contributed by atoms with E-state index in [1.807, 2.05) is 20.8 Å². The molecule has 0 saturated carbocycles. The monoisotopic (exact) mass is 705 g/mol. The molecule has 4 aromatic rings. The van der Waals surface area contributed by atoms with Gasteiger partial charge in [-0.15, -0.1) is 0 Å². The number of fused-ring (bicyclic) bond motifs is 6. The molecule has 0 bridgehead atoms. The minimum Gasteiger partial charge on any atom is -0.598 e. The molecule has 0 atom stereocenters. The van der Waals surface area contributed by atoms with E-state index in [9.17, 15) is 0 Å². The first-order valence-electron chi connectivity index (χ1n) is 16.7. The summed E-state index contributed by atoms with van der Waals surface area (Å²) >= 11 is 0. The van der Waals surface area contributed by atoms with E-state index >= 15 is 25.9 Å². The van der Waals surface area contributed by atoms with E-state index < -0.39 is 38.4 Å². The lowest BCUT2D eigenvalue weighted by Gasteiger charge is -2.38. The van der Waals surface area contributed by atoms with E-state index in [0.29, 0.717) is 46.8 Å². The van der Waals surface area contributed by atoms with Gasteiger partial charge in [-0.3, -0.25) is 0 Å². The van der Waals surface area contributed by atoms with Crippen molar-refractivity contribution >= 4 is 56.8 Å². The highest BCUT2D eigenvalue weighted by Crippen LogP contribution is 2.51. The Balaban J connectivity index is 1.61. The average Bonchev–Trinajstić information content (AvgIpc) is 2.96. The van der Waals surface area contributed by atoms with Gasteiger partial charge in [0, 0.05) is 33.4 Å². The minimum absolute atomic E-state index is 0.120. The first kappa shape index (κ1) is 34.5. The summed E-state index contributed by atoms with van der Waals surface area (Å²) in [6.07, 6.45) is 3.04. The van der Waals surface area contributed by atoms with Gasteiger partial charge in [-0.25, -0.2) is 0 Å². The zero-order chi connectivity index (χ0) is 37.1. The van der Waals surface area contributed by atoms with Gasteiger partial charge in [0.15, 0.2) is 17.1 Å². The average molecular weight is 705 g/mol. The fourth-order valence-corrected chi connectivity index (χ4v) is 8.13. The SMILES string of the molecule is Cc1cc(C)c([N+]2=Cc3c(c4c(c5c3O[B-](F)(F)[N+](c3c(C)cc(C)cc3C)=C5)O[B-](F)(F)[N+](c3c(C)cc(C)cc3C)=C4)O[B-]2(F)F)c(C)c1. The molecule has 0 amide bonds. The predicted molar refractivity (Wildman–Crippen MR) is 189 cm³/mol. The Hall–Kier alpha value is -4.94. The Morgan fingerprint density at radius 2 is 0.569 bits per heavy atom. The van der Waals surface area contributed by atoms with Crippen LogP contribution in [0.25, 0.3) is 0 Å². The van der Waals surface area contributed by atoms with E-state index in [2.05, 4.69) is 0 Å². The largest absolute Gasteiger partial charge is 0.834 e. The van der Waals surface area contributed by atoms with E-state index in [1.165, 1.54) is 0 Å². The van der Waals surface area contributed by atoms with Crippen LogP contribution in [0.5, 0.6) is 17.2 Å². The van der Waals surface area contributed by atoms with Crippen molar-refractivity contribution in [3.05, 3.63) is 103 Å². The zero-order valence-corrected chi connectivity index (χ0v) is 29.8. The van der Waals surface area contributed by atoms with Crippen LogP contribution in [0.4, 0.5) is 43.0 Å². The van der Waals surface area contributed by atoms with Crippen molar-refractivity contribution in [2.75, 3.05) is 0 Å². The summed E-state index contributed by atoms with van der Waals surface area (Å²) in [5.74, 6) is -1.83. The maximum Gasteiger partial charge on any atom is 0.834 e. The summed E-state index contributed by atoms with van der Waals surface area (Å²) in [6.45, 7) is 15.5. The summed E-state index contributed by atoms with van der Waals surface area (Å²) in [6, 6.07) is 10.3. The van der Waals surface area contributed by atoms with Crippen LogP contribution in [-0.4, -0.2) is 53.2 Å². The molecule has 4 aromatic carbocycles. The summed E-state index contributed by atoms with van der Waals surface area (Å²) in [7, 11) is -14.7. The van der Waals surface area contributed by atoms with Crippen LogP contribution in [0.2, 0.25) is 0 Å². The zero-order valence-electron chi connectivity index (χ0n) is 29.8. The third-order valence-electron chi connectivity index (χ3n) is 9.70. The fraction of sp³-hybridized carbons (Fsp3) is 0.250. The van der Waals surface area contributed by atoms with Gasteiger partial charge >= 0.3 is 21.1 Å². The van der Waals surface area contributed by atoms with Crippen molar-refractivity contribution in [1.82, 2.24) is 0 Å². The van der Waals surface area contributed by atoms with E-state index in [1.54, 1.807) is 77.9 Å². The van der Waals surface area contributed by atoms with Gasteiger partial charge in [-0.2, -0.15) is 0 Å². The van der Waals surface area contributed by atoms with Crippen molar-refractivity contribution in [1.29, 1.82) is 0 Å². The number of hydrogen-bond acceptors (Lipinski definition) is 3. The van der Waals surface area contributed by atoms with Crippen molar-refractivity contribution in [3.63, 3.8) is 0 Å². The lowest BCUT2D eigenvalue weighted by atomic mass is 9.87. The third kappa shape index (κ3) is 5.43. The van der Waals surface area contributed by atoms with Gasteiger partial charge in [0.05, 0.1) is 0 Å². The normalized spacial score (nSPS) is 17.8. The fourth-order valence-electron chi connectivity index (χ4n) is 8.13. The highest BCUT2D eigenvalue weighted by Gasteiger charge is 2.59. The summed E-state index contributed by atoms with van der Waals surface area (Å²) in [4.78, 5) is 0. The van der Waals surface area contributed by atoms with Gasteiger partial charge in [0.1, 0.15) is 52.6 Å². The second kappa shape index (κ2) is 11.3. The molecule has 0 N–H and O–H groups in total. The Morgan fingerprint density at radius 3 is 0.765 bits per heavy atom.